The highest BCUT2D eigenvalue weighted by Gasteiger charge is 2.18. The third-order valence-electron chi connectivity index (χ3n) is 4.67. The molecule has 0 spiro atoms. The largest absolute Gasteiger partial charge is 0.352 e. The van der Waals surface area contributed by atoms with E-state index in [1.165, 1.54) is 12.1 Å². The smallest absolute Gasteiger partial charge is 0.221 e. The Bertz CT molecular complexity index is 1110. The van der Waals surface area contributed by atoms with Gasteiger partial charge in [-0.15, -0.1) is 0 Å². The molecule has 0 unspecified atom stereocenters. The summed E-state index contributed by atoms with van der Waals surface area (Å²) in [7, 11) is -3.65. The van der Waals surface area contributed by atoms with Crippen molar-refractivity contribution in [3.8, 4) is 5.69 Å². The molecule has 0 aliphatic rings. The van der Waals surface area contributed by atoms with Crippen LogP contribution >= 0.6 is 0 Å². The first-order valence-electron chi connectivity index (χ1n) is 9.13. The van der Waals surface area contributed by atoms with Gasteiger partial charge in [0.05, 0.1) is 22.0 Å². The predicted molar refractivity (Wildman–Crippen MR) is 108 cm³/mol. The van der Waals surface area contributed by atoms with Gasteiger partial charge in [0.1, 0.15) is 5.82 Å². The van der Waals surface area contributed by atoms with Crippen molar-refractivity contribution < 1.29 is 17.6 Å². The van der Waals surface area contributed by atoms with Crippen LogP contribution in [0.1, 0.15) is 23.4 Å². The summed E-state index contributed by atoms with van der Waals surface area (Å²) in [5.74, 6) is -1.23. The molecule has 1 heterocycles. The summed E-state index contributed by atoms with van der Waals surface area (Å²) >= 11 is 0. The number of hydrogen-bond acceptors (Lipinski definition) is 4. The third-order valence-corrected chi connectivity index (χ3v) is 6.41. The number of carbonyl (C=O) groups excluding carboxylic acids is 1. The number of halogens is 1. The number of para-hydroxylation sites is 1. The van der Waals surface area contributed by atoms with E-state index >= 15 is 0 Å². The molecular weight excluding hydrogens is 393 g/mol. The number of amides is 1. The van der Waals surface area contributed by atoms with E-state index < -0.39 is 15.7 Å². The molecule has 3 rings (SSSR count). The Labute approximate surface area is 169 Å². The van der Waals surface area contributed by atoms with E-state index in [1.54, 1.807) is 0 Å². The topological polar surface area (TPSA) is 81.1 Å². The van der Waals surface area contributed by atoms with Gasteiger partial charge in [-0.1, -0.05) is 18.2 Å². The standard InChI is InChI=1S/C21H22FN3O3S/c1-15-20(16(2)25(24-15)18-6-4-3-5-7-18)14-23-21(26)12-13-29(27,28)19-10-8-17(22)9-11-19/h3-11H,12-14H2,1-2H3,(H,23,26). The summed E-state index contributed by atoms with van der Waals surface area (Å²) in [6.07, 6.45) is -0.176. The molecule has 0 aliphatic carbocycles. The van der Waals surface area contributed by atoms with Gasteiger partial charge in [-0.05, 0) is 50.2 Å². The molecule has 3 aromatic rings. The lowest BCUT2D eigenvalue weighted by atomic mass is 10.2. The van der Waals surface area contributed by atoms with Crippen molar-refractivity contribution in [1.29, 1.82) is 0 Å². The van der Waals surface area contributed by atoms with Crippen LogP contribution in [0.4, 0.5) is 4.39 Å². The molecule has 0 radical (unpaired) electrons. The van der Waals surface area contributed by atoms with Crippen molar-refractivity contribution in [2.75, 3.05) is 5.75 Å². The maximum Gasteiger partial charge on any atom is 0.221 e. The molecule has 6 nitrogen and oxygen atoms in total. The van der Waals surface area contributed by atoms with Crippen LogP contribution in [0.5, 0.6) is 0 Å². The Morgan fingerprint density at radius 1 is 1.07 bits per heavy atom. The van der Waals surface area contributed by atoms with Gasteiger partial charge in [-0.3, -0.25) is 4.79 Å². The highest BCUT2D eigenvalue weighted by Crippen LogP contribution is 2.18. The van der Waals surface area contributed by atoms with Crippen molar-refractivity contribution in [3.05, 3.63) is 77.4 Å². The molecule has 0 atom stereocenters. The number of aryl methyl sites for hydroxylation is 1. The van der Waals surface area contributed by atoms with Crippen molar-refractivity contribution in [3.63, 3.8) is 0 Å². The molecule has 29 heavy (non-hydrogen) atoms. The fourth-order valence-electron chi connectivity index (χ4n) is 3.01. The van der Waals surface area contributed by atoms with Crippen LogP contribution in [-0.4, -0.2) is 29.9 Å². The maximum absolute atomic E-state index is 13.0. The molecule has 0 fully saturated rings. The van der Waals surface area contributed by atoms with Crippen LogP contribution < -0.4 is 5.32 Å². The van der Waals surface area contributed by atoms with Crippen LogP contribution in [0.3, 0.4) is 0 Å². The molecule has 0 bridgehead atoms. The van der Waals surface area contributed by atoms with Crippen molar-refractivity contribution in [2.24, 2.45) is 0 Å². The van der Waals surface area contributed by atoms with E-state index in [0.717, 1.165) is 34.8 Å². The van der Waals surface area contributed by atoms with Crippen molar-refractivity contribution in [1.82, 2.24) is 15.1 Å². The van der Waals surface area contributed by atoms with Gasteiger partial charge in [0.25, 0.3) is 0 Å². The number of rotatable bonds is 7. The van der Waals surface area contributed by atoms with Gasteiger partial charge in [0.15, 0.2) is 9.84 Å². The Hall–Kier alpha value is -3.00. The zero-order valence-electron chi connectivity index (χ0n) is 16.2. The van der Waals surface area contributed by atoms with Gasteiger partial charge < -0.3 is 5.32 Å². The first-order chi connectivity index (χ1) is 13.8. The average Bonchev–Trinajstić information content (AvgIpc) is 2.99. The van der Waals surface area contributed by atoms with E-state index in [4.69, 9.17) is 0 Å². The second kappa shape index (κ2) is 8.57. The number of nitrogens with zero attached hydrogens (tertiary/aromatic N) is 2. The summed E-state index contributed by atoms with van der Waals surface area (Å²) in [5.41, 5.74) is 3.53. The zero-order valence-corrected chi connectivity index (χ0v) is 17.0. The SMILES string of the molecule is Cc1nn(-c2ccccc2)c(C)c1CNC(=O)CCS(=O)(=O)c1ccc(F)cc1. The lowest BCUT2D eigenvalue weighted by molar-refractivity contribution is -0.120. The van der Waals surface area contributed by atoms with E-state index in [2.05, 4.69) is 10.4 Å². The lowest BCUT2D eigenvalue weighted by Crippen LogP contribution is -2.25. The maximum atomic E-state index is 13.0. The zero-order chi connectivity index (χ0) is 21.0. The second-order valence-electron chi connectivity index (χ2n) is 6.70. The van der Waals surface area contributed by atoms with Crippen LogP contribution in [0.25, 0.3) is 5.69 Å². The normalized spacial score (nSPS) is 11.4. The number of carbonyl (C=O) groups is 1. The minimum atomic E-state index is -3.65. The monoisotopic (exact) mass is 415 g/mol. The minimum absolute atomic E-state index is 0.00234. The van der Waals surface area contributed by atoms with E-state index in [0.29, 0.717) is 0 Å². The number of aromatic nitrogens is 2. The number of nitrogens with one attached hydrogen (secondary N) is 1. The molecule has 0 saturated heterocycles. The molecule has 1 N–H and O–H groups in total. The van der Waals surface area contributed by atoms with Crippen LogP contribution in [0.15, 0.2) is 59.5 Å². The summed E-state index contributed by atoms with van der Waals surface area (Å²) < 4.78 is 39.3. The van der Waals surface area contributed by atoms with Crippen molar-refractivity contribution >= 4 is 15.7 Å². The first kappa shape index (κ1) is 20.7. The van der Waals surface area contributed by atoms with Gasteiger partial charge in [-0.25, -0.2) is 17.5 Å². The van der Waals surface area contributed by atoms with E-state index in [1.807, 2.05) is 48.9 Å². The van der Waals surface area contributed by atoms with Gasteiger partial charge >= 0.3 is 0 Å². The lowest BCUT2D eigenvalue weighted by Gasteiger charge is -2.08. The Balaban J connectivity index is 1.61. The molecule has 1 amide bonds. The molecule has 1 aromatic heterocycles. The quantitative estimate of drug-likeness (QED) is 0.601. The highest BCUT2D eigenvalue weighted by atomic mass is 32.2. The fourth-order valence-corrected chi connectivity index (χ4v) is 4.25. The van der Waals surface area contributed by atoms with Crippen LogP contribution in [0, 0.1) is 19.7 Å². The highest BCUT2D eigenvalue weighted by molar-refractivity contribution is 7.91. The molecule has 152 valence electrons. The van der Waals surface area contributed by atoms with E-state index in [-0.39, 0.29) is 29.5 Å². The Morgan fingerprint density at radius 3 is 2.38 bits per heavy atom. The predicted octanol–water partition coefficient (Wildman–Crippen LogP) is 3.11. The number of benzene rings is 2. The van der Waals surface area contributed by atoms with Crippen molar-refractivity contribution in [2.45, 2.75) is 31.7 Å². The first-order valence-corrected chi connectivity index (χ1v) is 10.8. The summed E-state index contributed by atoms with van der Waals surface area (Å²) in [4.78, 5) is 12.2. The molecule has 0 aliphatic heterocycles. The van der Waals surface area contributed by atoms with Crippen LogP contribution in [0.2, 0.25) is 0 Å². The fraction of sp³-hybridized carbons (Fsp3) is 0.238. The van der Waals surface area contributed by atoms with E-state index in [9.17, 15) is 17.6 Å². The average molecular weight is 415 g/mol. The number of hydrogen-bond donors (Lipinski definition) is 1. The molecule has 0 saturated carbocycles. The summed E-state index contributed by atoms with van der Waals surface area (Å²) in [5, 5.41) is 7.29. The molecule has 8 heteroatoms. The third kappa shape index (κ3) is 4.89. The molecular formula is C21H22FN3O3S. The molecule has 2 aromatic carbocycles. The summed E-state index contributed by atoms with van der Waals surface area (Å²) in [6, 6.07) is 14.2. The minimum Gasteiger partial charge on any atom is -0.352 e. The number of sulfone groups is 1. The Morgan fingerprint density at radius 2 is 1.72 bits per heavy atom. The Kier molecular flexibility index (Phi) is 6.12. The van der Waals surface area contributed by atoms with Crippen LogP contribution in [-0.2, 0) is 21.2 Å². The van der Waals surface area contributed by atoms with Gasteiger partial charge in [0.2, 0.25) is 5.91 Å². The summed E-state index contributed by atoms with van der Waals surface area (Å²) in [6.45, 7) is 4.06. The second-order valence-corrected chi connectivity index (χ2v) is 8.81. The van der Waals surface area contributed by atoms with Gasteiger partial charge in [-0.2, -0.15) is 5.10 Å². The van der Waals surface area contributed by atoms with Gasteiger partial charge in [0, 0.05) is 24.2 Å².